The monoisotopic (exact) mass is 270 g/mol. The van der Waals surface area contributed by atoms with E-state index in [2.05, 4.69) is 12.6 Å². The highest BCUT2D eigenvalue weighted by molar-refractivity contribution is 7.80. The van der Waals surface area contributed by atoms with Crippen LogP contribution in [0.25, 0.3) is 0 Å². The highest BCUT2D eigenvalue weighted by Crippen LogP contribution is 2.48. The molecule has 5 atom stereocenters. The molecule has 2 saturated heterocycles. The number of carbonyl (C=O) groups excluding carboxylic acids is 2. The van der Waals surface area contributed by atoms with Gasteiger partial charge in [-0.2, -0.15) is 12.6 Å². The van der Waals surface area contributed by atoms with Gasteiger partial charge in [0.2, 0.25) is 0 Å². The average molecular weight is 270 g/mol. The average Bonchev–Trinajstić information content (AvgIpc) is 2.48. The molecular formula is C13H18O4S. The summed E-state index contributed by atoms with van der Waals surface area (Å²) in [7, 11) is 0. The van der Waals surface area contributed by atoms with E-state index in [0.29, 0.717) is 24.0 Å². The summed E-state index contributed by atoms with van der Waals surface area (Å²) in [6, 6.07) is 0. The Morgan fingerprint density at radius 3 is 2.94 bits per heavy atom. The molecule has 0 N–H and O–H groups in total. The lowest BCUT2D eigenvalue weighted by molar-refractivity contribution is -0.172. The molecule has 0 radical (unpaired) electrons. The van der Waals surface area contributed by atoms with Gasteiger partial charge in [0.1, 0.15) is 12.2 Å². The predicted octanol–water partition coefficient (Wildman–Crippen LogP) is 1.58. The van der Waals surface area contributed by atoms with Crippen LogP contribution >= 0.6 is 12.6 Å². The molecule has 5 unspecified atom stereocenters. The molecule has 18 heavy (non-hydrogen) atoms. The van der Waals surface area contributed by atoms with Crippen LogP contribution in [0.1, 0.15) is 32.1 Å². The minimum absolute atomic E-state index is 0.0346. The lowest BCUT2D eigenvalue weighted by Gasteiger charge is -2.41. The second-order valence-electron chi connectivity index (χ2n) is 5.67. The number of ether oxygens (including phenoxy) is 2. The maximum absolute atomic E-state index is 11.8. The van der Waals surface area contributed by atoms with E-state index >= 15 is 0 Å². The van der Waals surface area contributed by atoms with Crippen LogP contribution < -0.4 is 0 Å². The van der Waals surface area contributed by atoms with Crippen molar-refractivity contribution in [2.24, 2.45) is 17.8 Å². The van der Waals surface area contributed by atoms with Crippen molar-refractivity contribution in [3.05, 3.63) is 0 Å². The summed E-state index contributed by atoms with van der Waals surface area (Å²) in [4.78, 5) is 23.5. The van der Waals surface area contributed by atoms with Crippen molar-refractivity contribution in [3.8, 4) is 0 Å². The van der Waals surface area contributed by atoms with Gasteiger partial charge in [-0.1, -0.05) is 0 Å². The van der Waals surface area contributed by atoms with Gasteiger partial charge in [-0.15, -0.1) is 0 Å². The minimum Gasteiger partial charge on any atom is -0.458 e. The maximum Gasteiger partial charge on any atom is 0.309 e. The number of esters is 2. The molecule has 4 fully saturated rings. The molecular weight excluding hydrogens is 252 g/mol. The number of rotatable bonds is 3. The SMILES string of the molecule is O=C(CCS)OC1C2CC3CC(C2)C(=O)OC1C3. The van der Waals surface area contributed by atoms with Crippen molar-refractivity contribution < 1.29 is 19.1 Å². The number of hydrogen-bond acceptors (Lipinski definition) is 5. The van der Waals surface area contributed by atoms with Crippen molar-refractivity contribution in [1.29, 1.82) is 0 Å². The molecule has 0 aromatic heterocycles. The van der Waals surface area contributed by atoms with Crippen LogP contribution in [0.3, 0.4) is 0 Å². The molecule has 0 amide bonds. The zero-order valence-corrected chi connectivity index (χ0v) is 11.1. The van der Waals surface area contributed by atoms with Gasteiger partial charge < -0.3 is 9.47 Å². The lowest BCUT2D eigenvalue weighted by Crippen LogP contribution is -2.45. The Bertz CT molecular complexity index is 370. The Hall–Kier alpha value is -0.710. The molecule has 0 aromatic rings. The molecule has 2 saturated carbocycles. The zero-order valence-electron chi connectivity index (χ0n) is 10.2. The fraction of sp³-hybridized carbons (Fsp3) is 0.846. The topological polar surface area (TPSA) is 52.6 Å². The van der Waals surface area contributed by atoms with E-state index in [-0.39, 0.29) is 30.1 Å². The third-order valence-corrected chi connectivity index (χ3v) is 4.65. The lowest BCUT2D eigenvalue weighted by atomic mass is 9.67. The van der Waals surface area contributed by atoms with E-state index in [0.717, 1.165) is 25.7 Å². The summed E-state index contributed by atoms with van der Waals surface area (Å²) >= 11 is 4.03. The van der Waals surface area contributed by atoms with Crippen LogP contribution in [0.2, 0.25) is 0 Å². The molecule has 0 spiro atoms. The Labute approximate surface area is 112 Å². The molecule has 0 aromatic carbocycles. The van der Waals surface area contributed by atoms with Gasteiger partial charge in [0.25, 0.3) is 0 Å². The predicted molar refractivity (Wildman–Crippen MR) is 67.2 cm³/mol. The first-order valence-electron chi connectivity index (χ1n) is 6.68. The van der Waals surface area contributed by atoms with Crippen LogP contribution in [0, 0.1) is 17.8 Å². The van der Waals surface area contributed by atoms with Crippen molar-refractivity contribution >= 4 is 24.6 Å². The third kappa shape index (κ3) is 2.13. The Balaban J connectivity index is 1.75. The van der Waals surface area contributed by atoms with Gasteiger partial charge in [-0.05, 0) is 31.6 Å². The fourth-order valence-corrected chi connectivity index (χ4v) is 3.92. The second kappa shape index (κ2) is 4.76. The largest absolute Gasteiger partial charge is 0.458 e. The van der Waals surface area contributed by atoms with Gasteiger partial charge in [0.15, 0.2) is 0 Å². The first-order valence-corrected chi connectivity index (χ1v) is 7.31. The molecule has 4 rings (SSSR count). The molecule has 2 aliphatic heterocycles. The minimum atomic E-state index is -0.224. The summed E-state index contributed by atoms with van der Waals surface area (Å²) < 4.78 is 11.0. The third-order valence-electron chi connectivity index (χ3n) is 4.42. The molecule has 4 aliphatic rings. The van der Waals surface area contributed by atoms with Crippen molar-refractivity contribution in [2.45, 2.75) is 44.3 Å². The smallest absolute Gasteiger partial charge is 0.309 e. The van der Waals surface area contributed by atoms with E-state index in [9.17, 15) is 9.59 Å². The molecule has 100 valence electrons. The summed E-state index contributed by atoms with van der Waals surface area (Å²) in [5.41, 5.74) is 0. The van der Waals surface area contributed by atoms with Gasteiger partial charge in [-0.25, -0.2) is 0 Å². The van der Waals surface area contributed by atoms with Crippen LogP contribution in [0.15, 0.2) is 0 Å². The van der Waals surface area contributed by atoms with Crippen molar-refractivity contribution in [1.82, 2.24) is 0 Å². The Morgan fingerprint density at radius 1 is 1.33 bits per heavy atom. The quantitative estimate of drug-likeness (QED) is 0.625. The summed E-state index contributed by atoms with van der Waals surface area (Å²) in [5, 5.41) is 0. The number of thiol groups is 1. The molecule has 2 aliphatic carbocycles. The molecule has 4 nitrogen and oxygen atoms in total. The zero-order chi connectivity index (χ0) is 12.7. The van der Waals surface area contributed by atoms with Crippen LogP contribution in [0.4, 0.5) is 0 Å². The molecule has 5 heteroatoms. The second-order valence-corrected chi connectivity index (χ2v) is 6.12. The normalized spacial score (nSPS) is 41.4. The number of carbonyl (C=O) groups is 2. The standard InChI is InChI=1S/C13H18O4S/c14-11(1-2-18)17-12-8-3-7-4-9(6-8)13(15)16-10(12)5-7/h7-10,12,18H,1-6H2. The van der Waals surface area contributed by atoms with Crippen LogP contribution in [-0.4, -0.2) is 29.9 Å². The van der Waals surface area contributed by atoms with E-state index in [1.807, 2.05) is 0 Å². The van der Waals surface area contributed by atoms with Crippen molar-refractivity contribution in [2.75, 3.05) is 5.75 Å². The first-order chi connectivity index (χ1) is 8.67. The van der Waals surface area contributed by atoms with Gasteiger partial charge in [0.05, 0.1) is 12.3 Å². The van der Waals surface area contributed by atoms with E-state index in [1.165, 1.54) is 0 Å². The van der Waals surface area contributed by atoms with Crippen LogP contribution in [0.5, 0.6) is 0 Å². The number of hydrogen-bond donors (Lipinski definition) is 1. The van der Waals surface area contributed by atoms with Gasteiger partial charge in [0, 0.05) is 11.7 Å². The van der Waals surface area contributed by atoms with Crippen LogP contribution in [-0.2, 0) is 19.1 Å². The Kier molecular flexibility index (Phi) is 3.26. The van der Waals surface area contributed by atoms with E-state index < -0.39 is 0 Å². The van der Waals surface area contributed by atoms with Gasteiger partial charge in [-0.3, -0.25) is 9.59 Å². The summed E-state index contributed by atoms with van der Waals surface area (Å²) in [6.45, 7) is 0. The maximum atomic E-state index is 11.8. The highest BCUT2D eigenvalue weighted by Gasteiger charge is 2.51. The number of fused-ring (bicyclic) bond motifs is 1. The first kappa shape index (κ1) is 12.3. The van der Waals surface area contributed by atoms with E-state index in [1.54, 1.807) is 0 Å². The van der Waals surface area contributed by atoms with Gasteiger partial charge >= 0.3 is 11.9 Å². The summed E-state index contributed by atoms with van der Waals surface area (Å²) in [5.74, 6) is 1.10. The van der Waals surface area contributed by atoms with E-state index in [4.69, 9.17) is 9.47 Å². The highest BCUT2D eigenvalue weighted by atomic mass is 32.1. The Morgan fingerprint density at radius 2 is 2.17 bits per heavy atom. The molecule has 4 bridgehead atoms. The fourth-order valence-electron chi connectivity index (χ4n) is 3.74. The summed E-state index contributed by atoms with van der Waals surface area (Å²) in [6.07, 6.45) is 3.61. The molecule has 2 heterocycles. The van der Waals surface area contributed by atoms with Crippen molar-refractivity contribution in [3.63, 3.8) is 0 Å².